The first-order valence-corrected chi connectivity index (χ1v) is 7.85. The van der Waals surface area contributed by atoms with Gasteiger partial charge in [-0.3, -0.25) is 0 Å². The van der Waals surface area contributed by atoms with Crippen LogP contribution in [0.4, 0.5) is 0 Å². The number of hydrogen-bond donors (Lipinski definition) is 1. The average molecular weight is 273 g/mol. The molecule has 1 saturated carbocycles. The van der Waals surface area contributed by atoms with Crippen LogP contribution in [0.15, 0.2) is 29.8 Å². The summed E-state index contributed by atoms with van der Waals surface area (Å²) in [5.41, 5.74) is 2.70. The topological polar surface area (TPSA) is 21.3 Å². The SMILES string of the molecule is CCCOc1cccc(C=C(CNC2CC2)C(C)C)c1. The molecule has 1 aromatic carbocycles. The minimum atomic E-state index is 0.571. The molecule has 0 atom stereocenters. The van der Waals surface area contributed by atoms with Crippen molar-refractivity contribution >= 4 is 6.08 Å². The zero-order valence-electron chi connectivity index (χ0n) is 13.0. The highest BCUT2D eigenvalue weighted by atomic mass is 16.5. The molecule has 110 valence electrons. The lowest BCUT2D eigenvalue weighted by molar-refractivity contribution is 0.317. The van der Waals surface area contributed by atoms with Gasteiger partial charge in [0.15, 0.2) is 0 Å². The molecule has 0 aliphatic heterocycles. The van der Waals surface area contributed by atoms with Gasteiger partial charge in [0.2, 0.25) is 0 Å². The van der Waals surface area contributed by atoms with Crippen LogP contribution in [0.5, 0.6) is 5.75 Å². The average Bonchev–Trinajstić information content (AvgIpc) is 3.25. The molecule has 0 radical (unpaired) electrons. The van der Waals surface area contributed by atoms with Gasteiger partial charge >= 0.3 is 0 Å². The standard InChI is InChI=1S/C18H27NO/c1-4-10-20-18-7-5-6-15(12-18)11-16(14(2)3)13-19-17-8-9-17/h5-7,11-12,14,17,19H,4,8-10,13H2,1-3H3. The Hall–Kier alpha value is -1.28. The highest BCUT2D eigenvalue weighted by molar-refractivity contribution is 5.55. The zero-order valence-corrected chi connectivity index (χ0v) is 13.0. The van der Waals surface area contributed by atoms with E-state index in [2.05, 4.69) is 50.4 Å². The molecule has 1 aliphatic carbocycles. The Kier molecular flexibility index (Phi) is 5.66. The summed E-state index contributed by atoms with van der Waals surface area (Å²) in [6.07, 6.45) is 6.03. The van der Waals surface area contributed by atoms with E-state index in [1.165, 1.54) is 24.0 Å². The first-order chi connectivity index (χ1) is 9.69. The molecule has 2 rings (SSSR count). The van der Waals surface area contributed by atoms with Gasteiger partial charge in [0, 0.05) is 12.6 Å². The van der Waals surface area contributed by atoms with Gasteiger partial charge in [0.05, 0.1) is 6.61 Å². The lowest BCUT2D eigenvalue weighted by atomic mass is 10.00. The highest BCUT2D eigenvalue weighted by Crippen LogP contribution is 2.22. The lowest BCUT2D eigenvalue weighted by Gasteiger charge is -2.13. The van der Waals surface area contributed by atoms with E-state index in [4.69, 9.17) is 4.74 Å². The summed E-state index contributed by atoms with van der Waals surface area (Å²) in [6.45, 7) is 8.44. The molecule has 0 saturated heterocycles. The summed E-state index contributed by atoms with van der Waals surface area (Å²) >= 11 is 0. The molecule has 1 fully saturated rings. The van der Waals surface area contributed by atoms with Crippen molar-refractivity contribution in [2.24, 2.45) is 5.92 Å². The Bertz CT molecular complexity index is 446. The monoisotopic (exact) mass is 273 g/mol. The van der Waals surface area contributed by atoms with Crippen LogP contribution in [-0.2, 0) is 0 Å². The third-order valence-electron chi connectivity index (χ3n) is 3.60. The van der Waals surface area contributed by atoms with Gasteiger partial charge in [-0.05, 0) is 42.9 Å². The fourth-order valence-corrected chi connectivity index (χ4v) is 2.10. The van der Waals surface area contributed by atoms with Gasteiger partial charge in [-0.1, -0.05) is 44.6 Å². The third-order valence-corrected chi connectivity index (χ3v) is 3.60. The second-order valence-electron chi connectivity index (χ2n) is 5.95. The fraction of sp³-hybridized carbons (Fsp3) is 0.556. The Morgan fingerprint density at radius 3 is 2.85 bits per heavy atom. The Morgan fingerprint density at radius 2 is 2.20 bits per heavy atom. The second-order valence-corrected chi connectivity index (χ2v) is 5.95. The lowest BCUT2D eigenvalue weighted by Crippen LogP contribution is -2.21. The second kappa shape index (κ2) is 7.49. The fourth-order valence-electron chi connectivity index (χ4n) is 2.10. The van der Waals surface area contributed by atoms with Crippen LogP contribution in [0.1, 0.15) is 45.6 Å². The van der Waals surface area contributed by atoms with E-state index in [9.17, 15) is 0 Å². The molecule has 0 heterocycles. The van der Waals surface area contributed by atoms with Crippen molar-refractivity contribution in [2.45, 2.75) is 46.1 Å². The largest absolute Gasteiger partial charge is 0.494 e. The smallest absolute Gasteiger partial charge is 0.119 e. The van der Waals surface area contributed by atoms with Crippen molar-refractivity contribution in [3.63, 3.8) is 0 Å². The number of ether oxygens (including phenoxy) is 1. The van der Waals surface area contributed by atoms with Gasteiger partial charge in [-0.25, -0.2) is 0 Å². The first kappa shape index (κ1) is 15.1. The van der Waals surface area contributed by atoms with Crippen LogP contribution in [0, 0.1) is 5.92 Å². The van der Waals surface area contributed by atoms with E-state index in [1.54, 1.807) is 0 Å². The summed E-state index contributed by atoms with van der Waals surface area (Å²) in [5, 5.41) is 3.61. The normalized spacial score (nSPS) is 15.7. The van der Waals surface area contributed by atoms with Crippen molar-refractivity contribution in [3.8, 4) is 5.75 Å². The Balaban J connectivity index is 2.03. The van der Waals surface area contributed by atoms with Crippen molar-refractivity contribution in [2.75, 3.05) is 13.2 Å². The van der Waals surface area contributed by atoms with Gasteiger partial charge in [-0.15, -0.1) is 0 Å². The highest BCUT2D eigenvalue weighted by Gasteiger charge is 2.20. The minimum absolute atomic E-state index is 0.571. The third kappa shape index (κ3) is 5.01. The van der Waals surface area contributed by atoms with Crippen molar-refractivity contribution in [1.82, 2.24) is 5.32 Å². The predicted octanol–water partition coefficient (Wildman–Crippen LogP) is 4.27. The van der Waals surface area contributed by atoms with E-state index in [1.807, 2.05) is 6.07 Å². The van der Waals surface area contributed by atoms with Crippen molar-refractivity contribution in [3.05, 3.63) is 35.4 Å². The molecule has 0 aromatic heterocycles. The summed E-state index contributed by atoms with van der Waals surface area (Å²) in [5.74, 6) is 1.54. The molecule has 1 N–H and O–H groups in total. The predicted molar refractivity (Wildman–Crippen MR) is 86.1 cm³/mol. The summed E-state index contributed by atoms with van der Waals surface area (Å²) in [6, 6.07) is 9.15. The summed E-state index contributed by atoms with van der Waals surface area (Å²) in [7, 11) is 0. The summed E-state index contributed by atoms with van der Waals surface area (Å²) < 4.78 is 5.70. The quantitative estimate of drug-likeness (QED) is 0.764. The number of rotatable bonds is 8. The van der Waals surface area contributed by atoms with Crippen LogP contribution >= 0.6 is 0 Å². The first-order valence-electron chi connectivity index (χ1n) is 7.85. The molecule has 1 aliphatic rings. The van der Waals surface area contributed by atoms with Crippen LogP contribution in [0.3, 0.4) is 0 Å². The van der Waals surface area contributed by atoms with E-state index >= 15 is 0 Å². The maximum atomic E-state index is 5.70. The molecule has 0 bridgehead atoms. The van der Waals surface area contributed by atoms with Gasteiger partial charge in [0.25, 0.3) is 0 Å². The molecule has 2 heteroatoms. The molecule has 0 spiro atoms. The van der Waals surface area contributed by atoms with Gasteiger partial charge in [-0.2, -0.15) is 0 Å². The molecule has 2 nitrogen and oxygen atoms in total. The maximum absolute atomic E-state index is 5.70. The van der Waals surface area contributed by atoms with Crippen LogP contribution in [-0.4, -0.2) is 19.2 Å². The van der Waals surface area contributed by atoms with E-state index < -0.39 is 0 Å². The Morgan fingerprint density at radius 1 is 1.40 bits per heavy atom. The molecule has 1 aromatic rings. The van der Waals surface area contributed by atoms with Crippen molar-refractivity contribution in [1.29, 1.82) is 0 Å². The molecule has 0 unspecified atom stereocenters. The van der Waals surface area contributed by atoms with E-state index in [0.29, 0.717) is 5.92 Å². The minimum Gasteiger partial charge on any atom is -0.494 e. The van der Waals surface area contributed by atoms with Crippen LogP contribution in [0.2, 0.25) is 0 Å². The molecular formula is C18H27NO. The Labute approximate surface area is 123 Å². The molecular weight excluding hydrogens is 246 g/mol. The number of benzene rings is 1. The molecule has 20 heavy (non-hydrogen) atoms. The number of hydrogen-bond acceptors (Lipinski definition) is 2. The maximum Gasteiger partial charge on any atom is 0.119 e. The van der Waals surface area contributed by atoms with Crippen LogP contribution in [0.25, 0.3) is 6.08 Å². The van der Waals surface area contributed by atoms with E-state index in [0.717, 1.165) is 31.4 Å². The van der Waals surface area contributed by atoms with E-state index in [-0.39, 0.29) is 0 Å². The van der Waals surface area contributed by atoms with Gasteiger partial charge < -0.3 is 10.1 Å². The zero-order chi connectivity index (χ0) is 14.4. The summed E-state index contributed by atoms with van der Waals surface area (Å²) in [4.78, 5) is 0. The molecule has 0 amide bonds. The van der Waals surface area contributed by atoms with Gasteiger partial charge in [0.1, 0.15) is 5.75 Å². The van der Waals surface area contributed by atoms with Crippen LogP contribution < -0.4 is 10.1 Å². The number of nitrogens with one attached hydrogen (secondary N) is 1. The van der Waals surface area contributed by atoms with Crippen molar-refractivity contribution < 1.29 is 4.74 Å².